The molecule has 1 aliphatic rings. The maximum Gasteiger partial charge on any atom is 0.295 e. The Bertz CT molecular complexity index is 2020. The number of amides is 2. The summed E-state index contributed by atoms with van der Waals surface area (Å²) in [5.74, 6) is -2.24. The van der Waals surface area contributed by atoms with Crippen LogP contribution >= 0.6 is 11.6 Å². The van der Waals surface area contributed by atoms with Crippen molar-refractivity contribution >= 4 is 60.6 Å². The van der Waals surface area contributed by atoms with Crippen LogP contribution in [-0.4, -0.2) is 55.9 Å². The minimum Gasteiger partial charge on any atom is -0.508 e. The second-order valence-electron chi connectivity index (χ2n) is 13.2. The molecule has 0 saturated carbocycles. The third-order valence-corrected chi connectivity index (χ3v) is 12.0. The Morgan fingerprint density at radius 2 is 1.41 bits per heavy atom. The number of hydrogen-bond acceptors (Lipinski definition) is 10. The maximum atomic E-state index is 13.6. The van der Waals surface area contributed by atoms with Crippen molar-refractivity contribution in [2.75, 3.05) is 10.8 Å². The van der Waals surface area contributed by atoms with Gasteiger partial charge in [0.15, 0.2) is 15.7 Å². The number of hydrogen-bond donors (Lipinski definition) is 3. The molecule has 0 saturated heterocycles. The highest BCUT2D eigenvalue weighted by Crippen LogP contribution is 2.30. The fourth-order valence-corrected chi connectivity index (χ4v) is 8.26. The third-order valence-electron chi connectivity index (χ3n) is 8.98. The molecule has 2 amide bonds. The van der Waals surface area contributed by atoms with Crippen LogP contribution in [0.4, 0.5) is 11.4 Å². The number of aromatic hydroxyl groups is 1. The summed E-state index contributed by atoms with van der Waals surface area (Å²) in [6, 6.07) is 12.8. The summed E-state index contributed by atoms with van der Waals surface area (Å²) >= 11 is 6.14. The lowest BCUT2D eigenvalue weighted by molar-refractivity contribution is -0.117. The van der Waals surface area contributed by atoms with E-state index in [1.807, 2.05) is 0 Å². The molecule has 0 aliphatic carbocycles. The Labute approximate surface area is 322 Å². The molecule has 0 fully saturated rings. The van der Waals surface area contributed by atoms with Crippen molar-refractivity contribution in [3.05, 3.63) is 77.3 Å². The number of anilines is 1. The number of benzene rings is 3. The quantitative estimate of drug-likeness (QED) is 0.0540. The fourth-order valence-electron chi connectivity index (χ4n) is 5.99. The lowest BCUT2D eigenvalue weighted by Gasteiger charge is -2.13. The normalized spacial score (nSPS) is 14.9. The zero-order valence-corrected chi connectivity index (χ0v) is 32.8. The number of halogens is 1. The van der Waals surface area contributed by atoms with Crippen LogP contribution in [0.25, 0.3) is 0 Å². The van der Waals surface area contributed by atoms with E-state index in [0.717, 1.165) is 42.8 Å². The number of rotatable bonds is 21. The lowest BCUT2D eigenvalue weighted by atomic mass is 10.0. The predicted molar refractivity (Wildman–Crippen MR) is 209 cm³/mol. The van der Waals surface area contributed by atoms with Gasteiger partial charge in [-0.3, -0.25) is 14.1 Å². The van der Waals surface area contributed by atoms with Crippen LogP contribution in [0, 0.1) is 0 Å². The van der Waals surface area contributed by atoms with Gasteiger partial charge in [-0.25, -0.2) is 8.42 Å². The van der Waals surface area contributed by atoms with E-state index in [0.29, 0.717) is 6.42 Å². The molecule has 0 radical (unpaired) electrons. The summed E-state index contributed by atoms with van der Waals surface area (Å²) in [6.07, 6.45) is 16.3. The lowest BCUT2D eigenvalue weighted by Crippen LogP contribution is -2.39. The molecule has 16 heteroatoms. The number of azo groups is 1. The summed E-state index contributed by atoms with van der Waals surface area (Å²) in [5, 5.41) is 25.3. The van der Waals surface area contributed by atoms with E-state index < -0.39 is 48.3 Å². The van der Waals surface area contributed by atoms with Crippen LogP contribution in [0.3, 0.4) is 0 Å². The average molecular weight is 802 g/mol. The van der Waals surface area contributed by atoms with E-state index in [2.05, 4.69) is 27.6 Å². The molecular formula is C38H48ClN5O8S2. The number of phenolic OH excluding ortho intramolecular Hbond substituents is 1. The molecule has 13 nitrogen and oxygen atoms in total. The first-order valence-electron chi connectivity index (χ1n) is 18.3. The number of unbranched alkanes of at least 4 members (excludes halogenated alkanes) is 13. The molecule has 0 aromatic heterocycles. The Kier molecular flexibility index (Phi) is 16.1. The first-order valence-corrected chi connectivity index (χ1v) is 21.8. The molecular weight excluding hydrogens is 754 g/mol. The minimum absolute atomic E-state index is 0.00529. The number of nitrogens with zero attached hydrogens (tertiary/aromatic N) is 4. The van der Waals surface area contributed by atoms with E-state index in [1.54, 1.807) is 0 Å². The van der Waals surface area contributed by atoms with Crippen molar-refractivity contribution in [1.82, 2.24) is 5.32 Å². The molecule has 1 atom stereocenters. The molecule has 3 N–H and O–H groups in total. The number of carbonyl (C=O) groups is 2. The molecule has 3 aromatic carbocycles. The number of amidine groups is 1. The van der Waals surface area contributed by atoms with Crippen molar-refractivity contribution in [2.45, 2.75) is 113 Å². The maximum absolute atomic E-state index is 13.6. The van der Waals surface area contributed by atoms with Gasteiger partial charge in [-0.1, -0.05) is 114 Å². The van der Waals surface area contributed by atoms with Gasteiger partial charge in [0.25, 0.3) is 21.9 Å². The molecule has 292 valence electrons. The average Bonchev–Trinajstić information content (AvgIpc) is 3.44. The number of hydrazone groups is 1. The van der Waals surface area contributed by atoms with Crippen LogP contribution < -0.4 is 10.3 Å². The minimum atomic E-state index is -4.78. The molecule has 0 spiro atoms. The van der Waals surface area contributed by atoms with E-state index in [9.17, 15) is 36.1 Å². The summed E-state index contributed by atoms with van der Waals surface area (Å²) in [5.41, 5.74) is -0.156. The number of carbonyl (C=O) groups excluding carboxylic acids is 2. The fraction of sp³-hybridized carbons (Fsp3) is 0.447. The molecule has 4 rings (SSSR count). The molecule has 3 aromatic rings. The van der Waals surface area contributed by atoms with Gasteiger partial charge in [0.05, 0.1) is 26.9 Å². The summed E-state index contributed by atoms with van der Waals surface area (Å²) in [7, 11) is -8.37. The largest absolute Gasteiger partial charge is 0.508 e. The Hall–Kier alpha value is -4.18. The Morgan fingerprint density at radius 3 is 1.98 bits per heavy atom. The van der Waals surface area contributed by atoms with Crippen LogP contribution in [0.1, 0.15) is 107 Å². The molecule has 0 bridgehead atoms. The van der Waals surface area contributed by atoms with Crippen LogP contribution in [0.2, 0.25) is 5.02 Å². The van der Waals surface area contributed by atoms with E-state index in [4.69, 9.17) is 11.6 Å². The topological polar surface area (TPSA) is 195 Å². The molecule has 54 heavy (non-hydrogen) atoms. The van der Waals surface area contributed by atoms with Gasteiger partial charge in [-0.05, 0) is 55.0 Å². The summed E-state index contributed by atoms with van der Waals surface area (Å²) < 4.78 is 59.7. The zero-order valence-electron chi connectivity index (χ0n) is 30.4. The van der Waals surface area contributed by atoms with Crippen molar-refractivity contribution in [2.24, 2.45) is 15.3 Å². The van der Waals surface area contributed by atoms with E-state index in [1.165, 1.54) is 112 Å². The monoisotopic (exact) mass is 801 g/mol. The standard InChI is InChI=1S/C38H48ClN5O8S2/c1-2-3-4-5-6-7-8-9-10-11-12-13-14-17-26-53(48,49)30-23-20-28(21-24-30)44-38(47)35(42-41-33-25-22-29(45)27-32(33)39)36(43-44)40-37(46)31-18-15-16-19-34(31)54(50,51)52/h15-16,18-25,27,35,45H,2-14,17,26H2,1H3,(H,40,43,46)(H,50,51,52). The van der Waals surface area contributed by atoms with Crippen molar-refractivity contribution in [3.63, 3.8) is 0 Å². The Morgan fingerprint density at radius 1 is 0.833 bits per heavy atom. The van der Waals surface area contributed by atoms with Gasteiger partial charge >= 0.3 is 0 Å². The second kappa shape index (κ2) is 20.5. The van der Waals surface area contributed by atoms with Gasteiger partial charge in [0.1, 0.15) is 16.3 Å². The number of nitrogens with one attached hydrogen (secondary N) is 1. The predicted octanol–water partition coefficient (Wildman–Crippen LogP) is 8.79. The van der Waals surface area contributed by atoms with Crippen LogP contribution in [0.15, 0.2) is 91.9 Å². The van der Waals surface area contributed by atoms with Crippen molar-refractivity contribution in [1.29, 1.82) is 0 Å². The van der Waals surface area contributed by atoms with Gasteiger partial charge in [-0.2, -0.15) is 23.7 Å². The number of sulfone groups is 1. The van der Waals surface area contributed by atoms with Crippen molar-refractivity contribution < 1.29 is 36.1 Å². The van der Waals surface area contributed by atoms with Gasteiger partial charge in [-0.15, -0.1) is 5.10 Å². The highest BCUT2D eigenvalue weighted by Gasteiger charge is 2.39. The SMILES string of the molecule is CCCCCCCCCCCCCCCCS(=O)(=O)c1ccc(N2N=C(NC(=O)c3ccccc3S(=O)(=O)O)C(N=Nc3ccc(O)cc3Cl)C2=O)cc1. The first-order chi connectivity index (χ1) is 25.8. The highest BCUT2D eigenvalue weighted by atomic mass is 35.5. The Balaban J connectivity index is 1.38. The molecule has 1 heterocycles. The zero-order chi connectivity index (χ0) is 39.1. The summed E-state index contributed by atoms with van der Waals surface area (Å²) in [4.78, 5) is 26.3. The second-order valence-corrected chi connectivity index (χ2v) is 17.1. The first kappa shape index (κ1) is 42.6. The highest BCUT2D eigenvalue weighted by molar-refractivity contribution is 7.91. The number of phenols is 1. The smallest absolute Gasteiger partial charge is 0.295 e. The van der Waals surface area contributed by atoms with E-state index >= 15 is 0 Å². The van der Waals surface area contributed by atoms with Gasteiger partial charge in [0, 0.05) is 6.07 Å². The summed E-state index contributed by atoms with van der Waals surface area (Å²) in [6.45, 7) is 2.23. The third kappa shape index (κ3) is 12.4. The molecule has 1 aliphatic heterocycles. The van der Waals surface area contributed by atoms with Crippen LogP contribution in [0.5, 0.6) is 5.75 Å². The van der Waals surface area contributed by atoms with E-state index in [-0.39, 0.29) is 38.6 Å². The van der Waals surface area contributed by atoms with Gasteiger partial charge < -0.3 is 10.4 Å². The van der Waals surface area contributed by atoms with Gasteiger partial charge in [0.2, 0.25) is 6.04 Å². The van der Waals surface area contributed by atoms with Crippen molar-refractivity contribution in [3.8, 4) is 5.75 Å². The van der Waals surface area contributed by atoms with Crippen LogP contribution in [-0.2, 0) is 24.7 Å². The molecule has 1 unspecified atom stereocenters.